The highest BCUT2D eigenvalue weighted by Gasteiger charge is 2.29. The Morgan fingerprint density at radius 2 is 1.84 bits per heavy atom. The van der Waals surface area contributed by atoms with Crippen molar-refractivity contribution in [3.05, 3.63) is 53.9 Å². The van der Waals surface area contributed by atoms with Crippen molar-refractivity contribution >= 4 is 32.7 Å². The predicted octanol–water partition coefficient (Wildman–Crippen LogP) is 3.22. The lowest BCUT2D eigenvalue weighted by molar-refractivity contribution is -0.119. The second-order valence-electron chi connectivity index (χ2n) is 7.63. The Bertz CT molecular complexity index is 1230. The van der Waals surface area contributed by atoms with Crippen molar-refractivity contribution < 1.29 is 13.2 Å². The maximum Gasteiger partial charge on any atom is 0.247 e. The topological polar surface area (TPSA) is 75.5 Å². The second kappa shape index (κ2) is 8.43. The molecule has 31 heavy (non-hydrogen) atoms. The molecule has 0 radical (unpaired) electrons. The van der Waals surface area contributed by atoms with E-state index in [1.807, 2.05) is 49.6 Å². The van der Waals surface area contributed by atoms with Crippen LogP contribution in [0.1, 0.15) is 32.2 Å². The number of carbonyl (C=O) groups is 1. The van der Waals surface area contributed by atoms with Gasteiger partial charge in [-0.1, -0.05) is 32.9 Å². The summed E-state index contributed by atoms with van der Waals surface area (Å²) in [7, 11) is -3.52. The number of aromatic nitrogens is 2. The van der Waals surface area contributed by atoms with Crippen molar-refractivity contribution in [3.63, 3.8) is 0 Å². The molecule has 1 aliphatic rings. The first-order chi connectivity index (χ1) is 14.9. The van der Waals surface area contributed by atoms with Crippen LogP contribution in [0.4, 0.5) is 5.69 Å². The SMILES string of the molecule is CCc1nc2ccccc2n1CC(=O)N1CCc2cc(S(=O)(=O)N(CC)CC)ccc21. The van der Waals surface area contributed by atoms with E-state index < -0.39 is 10.0 Å². The van der Waals surface area contributed by atoms with E-state index in [0.29, 0.717) is 26.1 Å². The number of hydrogen-bond donors (Lipinski definition) is 0. The van der Waals surface area contributed by atoms with Gasteiger partial charge in [-0.25, -0.2) is 13.4 Å². The number of nitrogens with zero attached hydrogens (tertiary/aromatic N) is 4. The third-order valence-electron chi connectivity index (χ3n) is 5.93. The summed E-state index contributed by atoms with van der Waals surface area (Å²) in [5.41, 5.74) is 3.53. The van der Waals surface area contributed by atoms with Crippen molar-refractivity contribution in [2.45, 2.75) is 45.1 Å². The summed E-state index contributed by atoms with van der Waals surface area (Å²) in [6.45, 7) is 7.32. The minimum absolute atomic E-state index is 0.0176. The molecule has 2 heterocycles. The van der Waals surface area contributed by atoms with E-state index in [1.165, 1.54) is 4.31 Å². The highest BCUT2D eigenvalue weighted by molar-refractivity contribution is 7.89. The van der Waals surface area contributed by atoms with E-state index in [1.54, 1.807) is 23.1 Å². The van der Waals surface area contributed by atoms with E-state index in [4.69, 9.17) is 0 Å². The van der Waals surface area contributed by atoms with Gasteiger partial charge in [0.15, 0.2) is 0 Å². The number of para-hydroxylation sites is 2. The van der Waals surface area contributed by atoms with Crippen molar-refractivity contribution in [3.8, 4) is 0 Å². The Morgan fingerprint density at radius 1 is 1.10 bits per heavy atom. The molecular weight excluding hydrogens is 412 g/mol. The van der Waals surface area contributed by atoms with Crippen molar-refractivity contribution in [1.29, 1.82) is 0 Å². The molecule has 1 aliphatic heterocycles. The van der Waals surface area contributed by atoms with E-state index >= 15 is 0 Å². The number of imidazole rings is 1. The Kier molecular flexibility index (Phi) is 5.85. The molecular formula is C23H28N4O3S. The van der Waals surface area contributed by atoms with Crippen LogP contribution in [0.2, 0.25) is 0 Å². The standard InChI is InChI=1S/C23H28N4O3S/c1-4-22-24-19-9-7-8-10-21(19)27(22)16-23(28)26-14-13-17-15-18(11-12-20(17)26)31(29,30)25(5-2)6-3/h7-12,15H,4-6,13-14,16H2,1-3H3. The van der Waals surface area contributed by atoms with Gasteiger partial charge in [-0.05, 0) is 42.3 Å². The average Bonchev–Trinajstić information content (AvgIpc) is 3.35. The molecule has 0 saturated heterocycles. The van der Waals surface area contributed by atoms with Gasteiger partial charge in [-0.3, -0.25) is 4.79 Å². The molecule has 1 amide bonds. The average molecular weight is 441 g/mol. The van der Waals surface area contributed by atoms with Gasteiger partial charge in [0.1, 0.15) is 12.4 Å². The molecule has 0 spiro atoms. The zero-order valence-corrected chi connectivity index (χ0v) is 19.0. The summed E-state index contributed by atoms with van der Waals surface area (Å²) in [6.07, 6.45) is 1.39. The van der Waals surface area contributed by atoms with Gasteiger partial charge in [-0.2, -0.15) is 4.31 Å². The number of anilines is 1. The van der Waals surface area contributed by atoms with Gasteiger partial charge in [0.2, 0.25) is 15.9 Å². The second-order valence-corrected chi connectivity index (χ2v) is 9.57. The quantitative estimate of drug-likeness (QED) is 0.565. The van der Waals surface area contributed by atoms with Crippen LogP contribution in [0.3, 0.4) is 0 Å². The molecule has 4 rings (SSSR count). The summed E-state index contributed by atoms with van der Waals surface area (Å²) in [5.74, 6) is 0.866. The van der Waals surface area contributed by atoms with Crippen LogP contribution in [-0.2, 0) is 34.2 Å². The number of fused-ring (bicyclic) bond motifs is 2. The van der Waals surface area contributed by atoms with Gasteiger partial charge in [-0.15, -0.1) is 0 Å². The molecule has 0 N–H and O–H groups in total. The van der Waals surface area contributed by atoms with E-state index in [9.17, 15) is 13.2 Å². The van der Waals surface area contributed by atoms with Crippen LogP contribution >= 0.6 is 0 Å². The summed E-state index contributed by atoms with van der Waals surface area (Å²) >= 11 is 0. The van der Waals surface area contributed by atoms with Crippen LogP contribution in [0, 0.1) is 0 Å². The molecule has 7 nitrogen and oxygen atoms in total. The molecule has 1 aromatic heterocycles. The summed E-state index contributed by atoms with van der Waals surface area (Å²) in [4.78, 5) is 19.9. The van der Waals surface area contributed by atoms with Gasteiger partial charge in [0.25, 0.3) is 0 Å². The Hall–Kier alpha value is -2.71. The summed E-state index contributed by atoms with van der Waals surface area (Å²) in [5, 5.41) is 0. The van der Waals surface area contributed by atoms with Crippen molar-refractivity contribution in [2.75, 3.05) is 24.5 Å². The van der Waals surface area contributed by atoms with Crippen molar-refractivity contribution in [1.82, 2.24) is 13.9 Å². The van der Waals surface area contributed by atoms with E-state index in [-0.39, 0.29) is 17.3 Å². The first kappa shape index (κ1) is 21.5. The number of amides is 1. The van der Waals surface area contributed by atoms with Gasteiger partial charge in [0, 0.05) is 31.7 Å². The number of carbonyl (C=O) groups excluding carboxylic acids is 1. The fourth-order valence-electron chi connectivity index (χ4n) is 4.30. The molecule has 0 bridgehead atoms. The van der Waals surface area contributed by atoms with Crippen LogP contribution in [0.5, 0.6) is 0 Å². The van der Waals surface area contributed by atoms with Crippen molar-refractivity contribution in [2.24, 2.45) is 0 Å². The molecule has 0 saturated carbocycles. The minimum Gasteiger partial charge on any atom is -0.318 e. The predicted molar refractivity (Wildman–Crippen MR) is 122 cm³/mol. The molecule has 3 aromatic rings. The largest absolute Gasteiger partial charge is 0.318 e. The number of rotatable bonds is 7. The molecule has 2 aromatic carbocycles. The number of sulfonamides is 1. The van der Waals surface area contributed by atoms with Crippen LogP contribution in [0.25, 0.3) is 11.0 Å². The summed E-state index contributed by atoms with van der Waals surface area (Å²) < 4.78 is 29.1. The number of hydrogen-bond acceptors (Lipinski definition) is 4. The zero-order valence-electron chi connectivity index (χ0n) is 18.2. The molecule has 164 valence electrons. The monoisotopic (exact) mass is 440 g/mol. The lowest BCUT2D eigenvalue weighted by atomic mass is 10.2. The lowest BCUT2D eigenvalue weighted by Gasteiger charge is -2.21. The Morgan fingerprint density at radius 3 is 2.55 bits per heavy atom. The van der Waals surface area contributed by atoms with Crippen LogP contribution in [0.15, 0.2) is 47.4 Å². The molecule has 8 heteroatoms. The van der Waals surface area contributed by atoms with Gasteiger partial charge < -0.3 is 9.47 Å². The van der Waals surface area contributed by atoms with Gasteiger partial charge in [0.05, 0.1) is 15.9 Å². The highest BCUT2D eigenvalue weighted by Crippen LogP contribution is 2.31. The molecule has 0 atom stereocenters. The maximum absolute atomic E-state index is 13.2. The first-order valence-electron chi connectivity index (χ1n) is 10.8. The van der Waals surface area contributed by atoms with Gasteiger partial charge >= 0.3 is 0 Å². The van der Waals surface area contributed by atoms with E-state index in [2.05, 4.69) is 4.98 Å². The normalized spacial score (nSPS) is 13.9. The number of benzene rings is 2. The smallest absolute Gasteiger partial charge is 0.247 e. The fraction of sp³-hybridized carbons (Fsp3) is 0.391. The summed E-state index contributed by atoms with van der Waals surface area (Å²) in [6, 6.07) is 12.9. The third-order valence-corrected chi connectivity index (χ3v) is 7.98. The third kappa shape index (κ3) is 3.74. The maximum atomic E-state index is 13.2. The lowest BCUT2D eigenvalue weighted by Crippen LogP contribution is -2.32. The minimum atomic E-state index is -3.52. The van der Waals surface area contributed by atoms with Crippen LogP contribution in [-0.4, -0.2) is 47.8 Å². The number of aryl methyl sites for hydroxylation is 1. The molecule has 0 fully saturated rings. The zero-order chi connectivity index (χ0) is 22.2. The fourth-order valence-corrected chi connectivity index (χ4v) is 5.81. The van der Waals surface area contributed by atoms with E-state index in [0.717, 1.165) is 34.5 Å². The molecule has 0 aliphatic carbocycles. The Labute approximate surface area is 183 Å². The highest BCUT2D eigenvalue weighted by atomic mass is 32.2. The van der Waals surface area contributed by atoms with Crippen LogP contribution < -0.4 is 4.90 Å². The molecule has 0 unspecified atom stereocenters. The first-order valence-corrected chi connectivity index (χ1v) is 12.2. The Balaban J connectivity index is 1.61.